The Hall–Kier alpha value is -1.75. The SMILES string of the molecule is COc1cc(Cl)c(C)cc1NC(=O)C1CCC(=O)N1. The van der Waals surface area contributed by atoms with Crippen molar-refractivity contribution in [2.75, 3.05) is 12.4 Å². The molecule has 1 aromatic rings. The number of hydrogen-bond donors (Lipinski definition) is 2. The number of ether oxygens (including phenoxy) is 1. The molecular weight excluding hydrogens is 268 g/mol. The quantitative estimate of drug-likeness (QED) is 0.889. The van der Waals surface area contributed by atoms with Crippen LogP contribution in [0.3, 0.4) is 0 Å². The first kappa shape index (κ1) is 13.7. The Kier molecular flexibility index (Phi) is 3.95. The summed E-state index contributed by atoms with van der Waals surface area (Å²) in [5, 5.41) is 5.95. The first-order valence-corrected chi connectivity index (χ1v) is 6.33. The zero-order valence-corrected chi connectivity index (χ0v) is 11.5. The first-order valence-electron chi connectivity index (χ1n) is 5.95. The van der Waals surface area contributed by atoms with Gasteiger partial charge < -0.3 is 15.4 Å². The number of carbonyl (C=O) groups is 2. The molecule has 2 rings (SSSR count). The Balaban J connectivity index is 2.16. The summed E-state index contributed by atoms with van der Waals surface area (Å²) < 4.78 is 5.18. The van der Waals surface area contributed by atoms with Crippen LogP contribution in [0.2, 0.25) is 5.02 Å². The number of hydrogen-bond acceptors (Lipinski definition) is 3. The van der Waals surface area contributed by atoms with Crippen LogP contribution in [-0.4, -0.2) is 25.0 Å². The molecule has 1 atom stereocenters. The van der Waals surface area contributed by atoms with Gasteiger partial charge in [-0.1, -0.05) is 11.6 Å². The van der Waals surface area contributed by atoms with E-state index in [0.29, 0.717) is 29.3 Å². The van der Waals surface area contributed by atoms with E-state index in [1.165, 1.54) is 7.11 Å². The van der Waals surface area contributed by atoms with E-state index in [4.69, 9.17) is 16.3 Å². The van der Waals surface area contributed by atoms with Gasteiger partial charge in [0.05, 0.1) is 12.8 Å². The van der Waals surface area contributed by atoms with E-state index < -0.39 is 6.04 Å². The molecule has 1 fully saturated rings. The maximum absolute atomic E-state index is 12.0. The van der Waals surface area contributed by atoms with Crippen LogP contribution in [0.25, 0.3) is 0 Å². The van der Waals surface area contributed by atoms with E-state index in [1.54, 1.807) is 12.1 Å². The average molecular weight is 283 g/mol. The Morgan fingerprint density at radius 1 is 1.53 bits per heavy atom. The molecule has 5 nitrogen and oxygen atoms in total. The van der Waals surface area contributed by atoms with Gasteiger partial charge in [0.1, 0.15) is 11.8 Å². The highest BCUT2D eigenvalue weighted by atomic mass is 35.5. The molecule has 1 unspecified atom stereocenters. The summed E-state index contributed by atoms with van der Waals surface area (Å²) in [6, 6.07) is 2.92. The largest absolute Gasteiger partial charge is 0.495 e. The zero-order valence-electron chi connectivity index (χ0n) is 10.7. The Bertz CT molecular complexity index is 531. The van der Waals surface area contributed by atoms with Crippen molar-refractivity contribution in [3.63, 3.8) is 0 Å². The summed E-state index contributed by atoms with van der Waals surface area (Å²) in [7, 11) is 1.51. The van der Waals surface area contributed by atoms with Crippen LogP contribution in [0.1, 0.15) is 18.4 Å². The van der Waals surface area contributed by atoms with Gasteiger partial charge in [-0.2, -0.15) is 0 Å². The van der Waals surface area contributed by atoms with Crippen LogP contribution in [-0.2, 0) is 9.59 Å². The van der Waals surface area contributed by atoms with Crippen LogP contribution < -0.4 is 15.4 Å². The minimum absolute atomic E-state index is 0.0978. The molecule has 2 N–H and O–H groups in total. The second-order valence-corrected chi connectivity index (χ2v) is 4.86. The third-order valence-corrected chi connectivity index (χ3v) is 3.46. The van der Waals surface area contributed by atoms with Crippen molar-refractivity contribution in [1.82, 2.24) is 5.32 Å². The van der Waals surface area contributed by atoms with E-state index in [1.807, 2.05) is 6.92 Å². The molecule has 6 heteroatoms. The topological polar surface area (TPSA) is 67.4 Å². The molecule has 0 saturated carbocycles. The number of carbonyl (C=O) groups excluding carboxylic acids is 2. The second kappa shape index (κ2) is 5.48. The number of halogens is 1. The van der Waals surface area contributed by atoms with Gasteiger partial charge in [-0.3, -0.25) is 9.59 Å². The number of benzene rings is 1. The third kappa shape index (κ3) is 2.98. The highest BCUT2D eigenvalue weighted by molar-refractivity contribution is 6.31. The van der Waals surface area contributed by atoms with Crippen molar-refractivity contribution in [2.24, 2.45) is 0 Å². The molecule has 0 aliphatic carbocycles. The van der Waals surface area contributed by atoms with Crippen LogP contribution in [0.15, 0.2) is 12.1 Å². The fraction of sp³-hybridized carbons (Fsp3) is 0.385. The highest BCUT2D eigenvalue weighted by Gasteiger charge is 2.27. The molecule has 1 aliphatic heterocycles. The molecule has 2 amide bonds. The number of aryl methyl sites for hydroxylation is 1. The van der Waals surface area contributed by atoms with Crippen LogP contribution in [0.5, 0.6) is 5.75 Å². The number of methoxy groups -OCH3 is 1. The highest BCUT2D eigenvalue weighted by Crippen LogP contribution is 2.31. The number of anilines is 1. The molecule has 0 radical (unpaired) electrons. The van der Waals surface area contributed by atoms with Crippen molar-refractivity contribution in [3.8, 4) is 5.75 Å². The normalized spacial score (nSPS) is 18.1. The fourth-order valence-electron chi connectivity index (χ4n) is 1.96. The van der Waals surface area contributed by atoms with Crippen molar-refractivity contribution in [2.45, 2.75) is 25.8 Å². The molecule has 1 saturated heterocycles. The lowest BCUT2D eigenvalue weighted by Crippen LogP contribution is -2.37. The predicted octanol–water partition coefficient (Wildman–Crippen LogP) is 1.87. The van der Waals surface area contributed by atoms with Crippen molar-refractivity contribution in [1.29, 1.82) is 0 Å². The minimum Gasteiger partial charge on any atom is -0.495 e. The molecule has 1 aromatic carbocycles. The minimum atomic E-state index is -0.479. The number of nitrogens with one attached hydrogen (secondary N) is 2. The van der Waals surface area contributed by atoms with Gasteiger partial charge in [0, 0.05) is 17.5 Å². The second-order valence-electron chi connectivity index (χ2n) is 4.45. The van der Waals surface area contributed by atoms with Crippen LogP contribution >= 0.6 is 11.6 Å². The smallest absolute Gasteiger partial charge is 0.247 e. The van der Waals surface area contributed by atoms with Crippen molar-refractivity contribution >= 4 is 29.1 Å². The maximum atomic E-state index is 12.0. The van der Waals surface area contributed by atoms with E-state index in [2.05, 4.69) is 10.6 Å². The zero-order chi connectivity index (χ0) is 14.0. The first-order chi connectivity index (χ1) is 9.01. The monoisotopic (exact) mass is 282 g/mol. The Morgan fingerprint density at radius 3 is 2.84 bits per heavy atom. The lowest BCUT2D eigenvalue weighted by Gasteiger charge is -2.15. The summed E-state index contributed by atoms with van der Waals surface area (Å²) in [6.07, 6.45) is 0.897. The lowest BCUT2D eigenvalue weighted by molar-refractivity contribution is -0.122. The van der Waals surface area contributed by atoms with Gasteiger partial charge in [-0.15, -0.1) is 0 Å². The third-order valence-electron chi connectivity index (χ3n) is 3.05. The molecule has 19 heavy (non-hydrogen) atoms. The number of amides is 2. The summed E-state index contributed by atoms with van der Waals surface area (Å²) >= 11 is 6.00. The molecule has 0 spiro atoms. The van der Waals surface area contributed by atoms with Gasteiger partial charge in [0.25, 0.3) is 0 Å². The summed E-state index contributed by atoms with van der Waals surface area (Å²) in [5.74, 6) is 0.151. The lowest BCUT2D eigenvalue weighted by atomic mass is 10.1. The van der Waals surface area contributed by atoms with E-state index >= 15 is 0 Å². The summed E-state index contributed by atoms with van der Waals surface area (Å²) in [4.78, 5) is 23.1. The van der Waals surface area contributed by atoms with Crippen molar-refractivity contribution in [3.05, 3.63) is 22.7 Å². The summed E-state index contributed by atoms with van der Waals surface area (Å²) in [6.45, 7) is 1.84. The van der Waals surface area contributed by atoms with E-state index in [-0.39, 0.29) is 11.8 Å². The molecule has 102 valence electrons. The van der Waals surface area contributed by atoms with Gasteiger partial charge in [0.15, 0.2) is 0 Å². The average Bonchev–Trinajstić information content (AvgIpc) is 2.80. The summed E-state index contributed by atoms with van der Waals surface area (Å²) in [5.41, 5.74) is 1.39. The molecular formula is C13H15ClN2O3. The molecule has 1 heterocycles. The standard InChI is InChI=1S/C13H15ClN2O3/c1-7-5-10(11(19-2)6-8(7)14)16-13(18)9-3-4-12(17)15-9/h5-6,9H,3-4H2,1-2H3,(H,15,17)(H,16,18). The maximum Gasteiger partial charge on any atom is 0.247 e. The van der Waals surface area contributed by atoms with Crippen LogP contribution in [0, 0.1) is 6.92 Å². The van der Waals surface area contributed by atoms with Crippen molar-refractivity contribution < 1.29 is 14.3 Å². The Morgan fingerprint density at radius 2 is 2.26 bits per heavy atom. The van der Waals surface area contributed by atoms with Crippen LogP contribution in [0.4, 0.5) is 5.69 Å². The van der Waals surface area contributed by atoms with E-state index in [0.717, 1.165) is 5.56 Å². The van der Waals surface area contributed by atoms with Gasteiger partial charge in [0.2, 0.25) is 11.8 Å². The molecule has 1 aliphatic rings. The van der Waals surface area contributed by atoms with Gasteiger partial charge in [-0.05, 0) is 25.0 Å². The Labute approximate surface area is 116 Å². The van der Waals surface area contributed by atoms with Gasteiger partial charge >= 0.3 is 0 Å². The fourth-order valence-corrected chi connectivity index (χ4v) is 2.11. The predicted molar refractivity (Wildman–Crippen MR) is 72.5 cm³/mol. The molecule has 0 bridgehead atoms. The van der Waals surface area contributed by atoms with Gasteiger partial charge in [-0.25, -0.2) is 0 Å². The molecule has 0 aromatic heterocycles. The number of rotatable bonds is 3. The van der Waals surface area contributed by atoms with E-state index in [9.17, 15) is 9.59 Å².